The minimum absolute atomic E-state index is 0.0394. The second-order valence-corrected chi connectivity index (χ2v) is 3.71. The highest BCUT2D eigenvalue weighted by molar-refractivity contribution is 5.40. The van der Waals surface area contributed by atoms with E-state index in [1.54, 1.807) is 6.07 Å². The van der Waals surface area contributed by atoms with Crippen LogP contribution in [0.1, 0.15) is 12.0 Å². The van der Waals surface area contributed by atoms with Crippen LogP contribution < -0.4 is 10.1 Å². The number of alkyl halides is 1. The average Bonchev–Trinajstić information content (AvgIpc) is 2.65. The fourth-order valence-electron chi connectivity index (χ4n) is 1.98. The van der Waals surface area contributed by atoms with Crippen LogP contribution in [0.25, 0.3) is 0 Å². The van der Waals surface area contributed by atoms with Crippen molar-refractivity contribution in [3.05, 3.63) is 29.6 Å². The molecule has 0 spiro atoms. The molecular weight excluding hydrogens is 200 g/mol. The zero-order valence-electron chi connectivity index (χ0n) is 8.52. The highest BCUT2D eigenvalue weighted by Crippen LogP contribution is 2.39. The van der Waals surface area contributed by atoms with Gasteiger partial charge in [-0.3, -0.25) is 0 Å². The Morgan fingerprint density at radius 2 is 2.27 bits per heavy atom. The molecule has 4 heteroatoms. The zero-order chi connectivity index (χ0) is 10.9. The van der Waals surface area contributed by atoms with E-state index in [1.807, 2.05) is 0 Å². The summed E-state index contributed by atoms with van der Waals surface area (Å²) in [5.41, 5.74) is -1.60. The SMILES string of the molecule is COc1cccc(F)c1C1(F)CCNC1. The molecular formula is C11H13F2NO. The minimum atomic E-state index is -1.64. The number of hydrogen-bond acceptors (Lipinski definition) is 2. The maximum absolute atomic E-state index is 14.4. The van der Waals surface area contributed by atoms with Crippen LogP contribution in [-0.4, -0.2) is 20.2 Å². The van der Waals surface area contributed by atoms with Gasteiger partial charge < -0.3 is 10.1 Å². The van der Waals surface area contributed by atoms with Gasteiger partial charge in [-0.15, -0.1) is 0 Å². The monoisotopic (exact) mass is 213 g/mol. The van der Waals surface area contributed by atoms with E-state index in [-0.39, 0.29) is 24.3 Å². The van der Waals surface area contributed by atoms with Crippen molar-refractivity contribution in [3.63, 3.8) is 0 Å². The molecule has 1 aromatic rings. The molecule has 1 fully saturated rings. The smallest absolute Gasteiger partial charge is 0.155 e. The largest absolute Gasteiger partial charge is 0.496 e. The molecule has 1 N–H and O–H groups in total. The number of benzene rings is 1. The Hall–Kier alpha value is -1.16. The second-order valence-electron chi connectivity index (χ2n) is 3.71. The Balaban J connectivity index is 2.49. The number of halogens is 2. The summed E-state index contributed by atoms with van der Waals surface area (Å²) in [4.78, 5) is 0. The molecule has 15 heavy (non-hydrogen) atoms. The summed E-state index contributed by atoms with van der Waals surface area (Å²) in [5.74, 6) is -0.262. The molecule has 0 aliphatic carbocycles. The molecule has 2 rings (SSSR count). The molecule has 1 aliphatic heterocycles. The number of ether oxygens (including phenoxy) is 1. The molecule has 0 amide bonds. The van der Waals surface area contributed by atoms with E-state index in [4.69, 9.17) is 4.74 Å². The zero-order valence-corrected chi connectivity index (χ0v) is 8.52. The van der Waals surface area contributed by atoms with Crippen LogP contribution in [0.2, 0.25) is 0 Å². The summed E-state index contributed by atoms with van der Waals surface area (Å²) in [6, 6.07) is 4.36. The quantitative estimate of drug-likeness (QED) is 0.811. The third-order valence-corrected chi connectivity index (χ3v) is 2.75. The fourth-order valence-corrected chi connectivity index (χ4v) is 1.98. The van der Waals surface area contributed by atoms with E-state index < -0.39 is 11.5 Å². The molecule has 0 saturated carbocycles. The van der Waals surface area contributed by atoms with Crippen LogP contribution in [0.15, 0.2) is 18.2 Å². The second kappa shape index (κ2) is 3.77. The van der Waals surface area contributed by atoms with Crippen molar-refractivity contribution in [1.29, 1.82) is 0 Å². The van der Waals surface area contributed by atoms with Gasteiger partial charge in [0.2, 0.25) is 0 Å². The Bertz CT molecular complexity index is 362. The highest BCUT2D eigenvalue weighted by Gasteiger charge is 2.40. The first kappa shape index (κ1) is 10.4. The summed E-state index contributed by atoms with van der Waals surface area (Å²) in [6.07, 6.45) is 0.282. The maximum atomic E-state index is 14.4. The Morgan fingerprint density at radius 1 is 1.47 bits per heavy atom. The van der Waals surface area contributed by atoms with E-state index in [1.165, 1.54) is 19.2 Å². The maximum Gasteiger partial charge on any atom is 0.155 e. The van der Waals surface area contributed by atoms with Gasteiger partial charge in [-0.05, 0) is 25.1 Å². The number of methoxy groups -OCH3 is 1. The van der Waals surface area contributed by atoms with Gasteiger partial charge in [-0.2, -0.15) is 0 Å². The Kier molecular flexibility index (Phi) is 2.61. The topological polar surface area (TPSA) is 21.3 Å². The fraction of sp³-hybridized carbons (Fsp3) is 0.455. The standard InChI is InChI=1S/C11H13F2NO/c1-15-9-4-2-3-8(12)10(9)11(13)5-6-14-7-11/h2-4,14H,5-7H2,1H3. The van der Waals surface area contributed by atoms with Gasteiger partial charge in [0.25, 0.3) is 0 Å². The van der Waals surface area contributed by atoms with Gasteiger partial charge in [0, 0.05) is 6.54 Å². The molecule has 1 heterocycles. The van der Waals surface area contributed by atoms with Crippen molar-refractivity contribution >= 4 is 0 Å². The molecule has 1 unspecified atom stereocenters. The van der Waals surface area contributed by atoms with E-state index >= 15 is 0 Å². The molecule has 0 radical (unpaired) electrons. The number of rotatable bonds is 2. The van der Waals surface area contributed by atoms with E-state index in [2.05, 4.69) is 5.32 Å². The van der Waals surface area contributed by atoms with E-state index in [0.29, 0.717) is 6.54 Å². The summed E-state index contributed by atoms with van der Waals surface area (Å²) in [6.45, 7) is 0.707. The van der Waals surface area contributed by atoms with Crippen LogP contribution in [0.3, 0.4) is 0 Å². The van der Waals surface area contributed by atoms with Crippen molar-refractivity contribution in [2.24, 2.45) is 0 Å². The lowest BCUT2D eigenvalue weighted by atomic mass is 9.93. The summed E-state index contributed by atoms with van der Waals surface area (Å²) < 4.78 is 33.0. The van der Waals surface area contributed by atoms with Crippen LogP contribution in [0, 0.1) is 5.82 Å². The third-order valence-electron chi connectivity index (χ3n) is 2.75. The Morgan fingerprint density at radius 3 is 2.87 bits per heavy atom. The molecule has 1 atom stereocenters. The van der Waals surface area contributed by atoms with Gasteiger partial charge in [0.15, 0.2) is 5.67 Å². The third kappa shape index (κ3) is 1.69. The number of nitrogens with one attached hydrogen (secondary N) is 1. The van der Waals surface area contributed by atoms with Crippen LogP contribution in [0.4, 0.5) is 8.78 Å². The van der Waals surface area contributed by atoms with Crippen molar-refractivity contribution in [2.75, 3.05) is 20.2 Å². The molecule has 1 aliphatic rings. The van der Waals surface area contributed by atoms with Gasteiger partial charge in [-0.1, -0.05) is 6.07 Å². The molecule has 1 saturated heterocycles. The lowest BCUT2D eigenvalue weighted by Gasteiger charge is -2.21. The summed E-state index contributed by atoms with van der Waals surface area (Å²) in [7, 11) is 1.42. The van der Waals surface area contributed by atoms with Crippen LogP contribution >= 0.6 is 0 Å². The lowest BCUT2D eigenvalue weighted by Crippen LogP contribution is -2.25. The number of hydrogen-bond donors (Lipinski definition) is 1. The van der Waals surface area contributed by atoms with E-state index in [9.17, 15) is 8.78 Å². The minimum Gasteiger partial charge on any atom is -0.496 e. The van der Waals surface area contributed by atoms with Gasteiger partial charge in [0.1, 0.15) is 11.6 Å². The lowest BCUT2D eigenvalue weighted by molar-refractivity contribution is 0.179. The molecule has 82 valence electrons. The predicted molar refractivity (Wildman–Crippen MR) is 53.2 cm³/mol. The Labute approximate surface area is 87.2 Å². The first-order valence-corrected chi connectivity index (χ1v) is 4.90. The summed E-state index contributed by atoms with van der Waals surface area (Å²) in [5, 5.41) is 2.89. The summed E-state index contributed by atoms with van der Waals surface area (Å²) >= 11 is 0. The van der Waals surface area contributed by atoms with Crippen molar-refractivity contribution in [1.82, 2.24) is 5.32 Å². The normalized spacial score (nSPS) is 25.5. The predicted octanol–water partition coefficient (Wildman–Crippen LogP) is 1.99. The first-order valence-electron chi connectivity index (χ1n) is 4.90. The van der Waals surface area contributed by atoms with Gasteiger partial charge in [0.05, 0.1) is 12.7 Å². The van der Waals surface area contributed by atoms with Gasteiger partial charge >= 0.3 is 0 Å². The van der Waals surface area contributed by atoms with E-state index in [0.717, 1.165) is 0 Å². The van der Waals surface area contributed by atoms with Crippen molar-refractivity contribution in [2.45, 2.75) is 12.1 Å². The molecule has 0 aromatic heterocycles. The van der Waals surface area contributed by atoms with Crippen LogP contribution in [-0.2, 0) is 5.67 Å². The van der Waals surface area contributed by atoms with Crippen molar-refractivity contribution in [3.8, 4) is 5.75 Å². The molecule has 2 nitrogen and oxygen atoms in total. The molecule has 0 bridgehead atoms. The average molecular weight is 213 g/mol. The van der Waals surface area contributed by atoms with Crippen molar-refractivity contribution < 1.29 is 13.5 Å². The molecule has 1 aromatic carbocycles. The van der Waals surface area contributed by atoms with Crippen LogP contribution in [0.5, 0.6) is 5.75 Å². The first-order chi connectivity index (χ1) is 7.17. The van der Waals surface area contributed by atoms with Gasteiger partial charge in [-0.25, -0.2) is 8.78 Å². The highest BCUT2D eigenvalue weighted by atomic mass is 19.1.